The summed E-state index contributed by atoms with van der Waals surface area (Å²) in [6, 6.07) is 12.3. The van der Waals surface area contributed by atoms with E-state index in [0.29, 0.717) is 6.61 Å². The summed E-state index contributed by atoms with van der Waals surface area (Å²) >= 11 is 0. The van der Waals surface area contributed by atoms with Gasteiger partial charge in [-0.05, 0) is 48.4 Å². The Morgan fingerprint density at radius 3 is 2.75 bits per heavy atom. The summed E-state index contributed by atoms with van der Waals surface area (Å²) in [4.78, 5) is 0. The van der Waals surface area contributed by atoms with Crippen molar-refractivity contribution in [2.75, 3.05) is 19.8 Å². The van der Waals surface area contributed by atoms with Crippen LogP contribution in [0.15, 0.2) is 36.4 Å². The van der Waals surface area contributed by atoms with Crippen molar-refractivity contribution >= 4 is 10.8 Å². The summed E-state index contributed by atoms with van der Waals surface area (Å²) in [6.07, 6.45) is 2.91. The molecule has 2 fully saturated rings. The maximum Gasteiger partial charge on any atom is 0.127 e. The number of hydrogen-bond donors (Lipinski definition) is 0. The molecule has 1 saturated carbocycles. The van der Waals surface area contributed by atoms with E-state index in [1.807, 2.05) is 18.2 Å². The topological polar surface area (TPSA) is 31.0 Å². The summed E-state index contributed by atoms with van der Waals surface area (Å²) in [5.74, 6) is 2.65. The first-order valence-electron chi connectivity index (χ1n) is 7.28. The van der Waals surface area contributed by atoms with Crippen molar-refractivity contribution in [3.8, 4) is 11.5 Å². The van der Waals surface area contributed by atoms with Crippen molar-refractivity contribution in [1.29, 1.82) is 0 Å². The van der Waals surface area contributed by atoms with Gasteiger partial charge < -0.3 is 14.2 Å². The van der Waals surface area contributed by atoms with Crippen molar-refractivity contribution < 1.29 is 14.2 Å². The fourth-order valence-corrected chi connectivity index (χ4v) is 2.29. The minimum absolute atomic E-state index is 0.284. The molecule has 3 heteroatoms. The smallest absolute Gasteiger partial charge is 0.127 e. The Bertz CT molecular complexity index is 615. The summed E-state index contributed by atoms with van der Waals surface area (Å²) in [6.45, 7) is 2.31. The number of ether oxygens (including phenoxy) is 3. The molecule has 2 aromatic rings. The molecule has 1 aliphatic carbocycles. The van der Waals surface area contributed by atoms with Crippen molar-refractivity contribution in [2.45, 2.75) is 18.9 Å². The van der Waals surface area contributed by atoms with Crippen LogP contribution in [0, 0.1) is 5.92 Å². The molecular formula is C17H18O3. The Labute approximate surface area is 118 Å². The molecule has 104 valence electrons. The maximum absolute atomic E-state index is 5.83. The first kappa shape index (κ1) is 12.0. The van der Waals surface area contributed by atoms with E-state index in [4.69, 9.17) is 14.2 Å². The Balaban J connectivity index is 1.54. The van der Waals surface area contributed by atoms with E-state index in [1.165, 1.54) is 12.8 Å². The second kappa shape index (κ2) is 4.98. The predicted molar refractivity (Wildman–Crippen MR) is 77.4 cm³/mol. The van der Waals surface area contributed by atoms with Crippen LogP contribution in [0.4, 0.5) is 0 Å². The zero-order chi connectivity index (χ0) is 13.4. The van der Waals surface area contributed by atoms with E-state index in [2.05, 4.69) is 18.2 Å². The van der Waals surface area contributed by atoms with Crippen LogP contribution >= 0.6 is 0 Å². The van der Waals surface area contributed by atoms with Crippen LogP contribution in [-0.2, 0) is 4.74 Å². The van der Waals surface area contributed by atoms with Gasteiger partial charge in [0.25, 0.3) is 0 Å². The lowest BCUT2D eigenvalue weighted by Crippen LogP contribution is -2.04. The van der Waals surface area contributed by atoms with Gasteiger partial charge in [0.2, 0.25) is 0 Å². The normalized spacial score (nSPS) is 20.9. The van der Waals surface area contributed by atoms with E-state index in [0.717, 1.165) is 41.4 Å². The molecule has 2 aromatic carbocycles. The molecule has 1 aliphatic heterocycles. The van der Waals surface area contributed by atoms with Gasteiger partial charge >= 0.3 is 0 Å². The zero-order valence-electron chi connectivity index (χ0n) is 11.4. The number of rotatable bonds is 6. The van der Waals surface area contributed by atoms with Gasteiger partial charge in [-0.2, -0.15) is 0 Å². The van der Waals surface area contributed by atoms with E-state index >= 15 is 0 Å². The van der Waals surface area contributed by atoms with Gasteiger partial charge in [0.05, 0.1) is 13.2 Å². The minimum Gasteiger partial charge on any atom is -0.493 e. The summed E-state index contributed by atoms with van der Waals surface area (Å²) < 4.78 is 16.8. The molecule has 0 bridgehead atoms. The average molecular weight is 270 g/mol. The van der Waals surface area contributed by atoms with Crippen molar-refractivity contribution in [3.63, 3.8) is 0 Å². The van der Waals surface area contributed by atoms with Crippen molar-refractivity contribution in [1.82, 2.24) is 0 Å². The third-order valence-electron chi connectivity index (χ3n) is 3.82. The molecule has 0 aromatic heterocycles. The van der Waals surface area contributed by atoms with Crippen molar-refractivity contribution in [3.05, 3.63) is 36.4 Å². The molecule has 1 unspecified atom stereocenters. The van der Waals surface area contributed by atoms with Crippen molar-refractivity contribution in [2.24, 2.45) is 5.92 Å². The van der Waals surface area contributed by atoms with Crippen LogP contribution in [0.1, 0.15) is 12.8 Å². The molecular weight excluding hydrogens is 252 g/mol. The van der Waals surface area contributed by atoms with E-state index < -0.39 is 0 Å². The van der Waals surface area contributed by atoms with Crippen LogP contribution in [0.5, 0.6) is 11.5 Å². The number of benzene rings is 2. The van der Waals surface area contributed by atoms with E-state index in [-0.39, 0.29) is 6.10 Å². The number of hydrogen-bond acceptors (Lipinski definition) is 3. The molecule has 0 N–H and O–H groups in total. The third-order valence-corrected chi connectivity index (χ3v) is 3.82. The molecule has 3 nitrogen and oxygen atoms in total. The van der Waals surface area contributed by atoms with Gasteiger partial charge in [0, 0.05) is 5.39 Å². The van der Waals surface area contributed by atoms with Gasteiger partial charge in [-0.1, -0.05) is 12.1 Å². The molecule has 0 radical (unpaired) electrons. The summed E-state index contributed by atoms with van der Waals surface area (Å²) in [5.41, 5.74) is 0. The van der Waals surface area contributed by atoms with Gasteiger partial charge in [0.1, 0.15) is 24.2 Å². The Kier molecular flexibility index (Phi) is 3.00. The zero-order valence-corrected chi connectivity index (χ0v) is 11.4. The third kappa shape index (κ3) is 2.73. The monoisotopic (exact) mass is 270 g/mol. The van der Waals surface area contributed by atoms with E-state index in [1.54, 1.807) is 0 Å². The molecule has 1 heterocycles. The van der Waals surface area contributed by atoms with Crippen LogP contribution in [0.2, 0.25) is 0 Å². The van der Waals surface area contributed by atoms with Gasteiger partial charge in [-0.3, -0.25) is 0 Å². The molecule has 20 heavy (non-hydrogen) atoms. The lowest BCUT2D eigenvalue weighted by Gasteiger charge is -2.10. The summed E-state index contributed by atoms with van der Waals surface area (Å²) in [5, 5.41) is 2.29. The second-order valence-electron chi connectivity index (χ2n) is 5.66. The van der Waals surface area contributed by atoms with Gasteiger partial charge in [-0.25, -0.2) is 0 Å². The first-order chi connectivity index (χ1) is 9.88. The fourth-order valence-electron chi connectivity index (χ4n) is 2.29. The molecule has 0 spiro atoms. The fraction of sp³-hybridized carbons (Fsp3) is 0.412. The van der Waals surface area contributed by atoms with Crippen LogP contribution < -0.4 is 9.47 Å². The first-order valence-corrected chi connectivity index (χ1v) is 7.28. The molecule has 1 atom stereocenters. The highest BCUT2D eigenvalue weighted by molar-refractivity contribution is 5.89. The second-order valence-corrected chi connectivity index (χ2v) is 5.66. The predicted octanol–water partition coefficient (Wildman–Crippen LogP) is 3.41. The van der Waals surface area contributed by atoms with Gasteiger partial charge in [0.15, 0.2) is 0 Å². The minimum atomic E-state index is 0.284. The average Bonchev–Trinajstić information content (AvgIpc) is 3.37. The lowest BCUT2D eigenvalue weighted by molar-refractivity contribution is 0.265. The van der Waals surface area contributed by atoms with Crippen LogP contribution in [0.3, 0.4) is 0 Å². The lowest BCUT2D eigenvalue weighted by atomic mass is 10.1. The molecule has 4 rings (SSSR count). The Morgan fingerprint density at radius 1 is 1.05 bits per heavy atom. The molecule has 2 aliphatic rings. The highest BCUT2D eigenvalue weighted by Crippen LogP contribution is 2.32. The summed E-state index contributed by atoms with van der Waals surface area (Å²) in [7, 11) is 0. The molecule has 1 saturated heterocycles. The number of fused-ring (bicyclic) bond motifs is 1. The van der Waals surface area contributed by atoms with Crippen LogP contribution in [-0.4, -0.2) is 25.9 Å². The molecule has 0 amide bonds. The largest absolute Gasteiger partial charge is 0.493 e. The van der Waals surface area contributed by atoms with E-state index in [9.17, 15) is 0 Å². The van der Waals surface area contributed by atoms with Crippen LogP contribution in [0.25, 0.3) is 10.8 Å². The SMILES string of the molecule is c1cc(OCC2CO2)c2ccc(OCC3CC3)cc2c1. The maximum atomic E-state index is 5.83. The highest BCUT2D eigenvalue weighted by atomic mass is 16.6. The Hall–Kier alpha value is -1.74. The standard InChI is InChI=1S/C17H18O3/c1-2-13-8-14(18-9-12-4-5-12)6-7-16(13)17(3-1)20-11-15-10-19-15/h1-3,6-8,12,15H,4-5,9-11H2. The van der Waals surface area contributed by atoms with Gasteiger partial charge in [-0.15, -0.1) is 0 Å². The Morgan fingerprint density at radius 2 is 1.95 bits per heavy atom. The quantitative estimate of drug-likeness (QED) is 0.754. The number of epoxide rings is 1. The highest BCUT2D eigenvalue weighted by Gasteiger charge is 2.23.